The van der Waals surface area contributed by atoms with Gasteiger partial charge < -0.3 is 15.5 Å². The summed E-state index contributed by atoms with van der Waals surface area (Å²) in [6.45, 7) is 4.11. The van der Waals surface area contributed by atoms with E-state index in [4.69, 9.17) is 0 Å². The van der Waals surface area contributed by atoms with Gasteiger partial charge in [0.05, 0.1) is 18.8 Å². The van der Waals surface area contributed by atoms with Crippen molar-refractivity contribution >= 4 is 5.91 Å². The lowest BCUT2D eigenvalue weighted by molar-refractivity contribution is -0.123. The molecule has 0 aliphatic rings. The first-order valence-corrected chi connectivity index (χ1v) is 25.2. The summed E-state index contributed by atoms with van der Waals surface area (Å²) in [6, 6.07) is -0.651. The largest absolute Gasteiger partial charge is 0.394 e. The van der Waals surface area contributed by atoms with Gasteiger partial charge in [-0.1, -0.05) is 232 Å². The van der Waals surface area contributed by atoms with E-state index < -0.39 is 12.1 Å². The van der Waals surface area contributed by atoms with Crippen LogP contribution < -0.4 is 5.32 Å². The molecule has 61 heavy (non-hydrogen) atoms. The Kier molecular flexibility index (Phi) is 48.5. The molecule has 4 nitrogen and oxygen atoms in total. The molecule has 0 radical (unpaired) electrons. The summed E-state index contributed by atoms with van der Waals surface area (Å²) in [4.78, 5) is 12.4. The molecule has 0 rings (SSSR count). The van der Waals surface area contributed by atoms with Gasteiger partial charge in [-0.05, 0) is 96.3 Å². The van der Waals surface area contributed by atoms with Crippen LogP contribution in [0.5, 0.6) is 0 Å². The molecule has 0 spiro atoms. The van der Waals surface area contributed by atoms with Crippen LogP contribution in [0, 0.1) is 0 Å². The first-order chi connectivity index (χ1) is 30.2. The van der Waals surface area contributed by atoms with Gasteiger partial charge in [-0.15, -0.1) is 0 Å². The molecule has 0 aromatic carbocycles. The van der Waals surface area contributed by atoms with E-state index in [1.165, 1.54) is 109 Å². The second-order valence-electron chi connectivity index (χ2n) is 16.5. The van der Waals surface area contributed by atoms with Gasteiger partial charge in [0.2, 0.25) is 5.91 Å². The van der Waals surface area contributed by atoms with Crippen molar-refractivity contribution in [1.29, 1.82) is 0 Å². The fourth-order valence-corrected chi connectivity index (χ4v) is 6.82. The maximum Gasteiger partial charge on any atom is 0.220 e. The Morgan fingerprint density at radius 2 is 0.738 bits per heavy atom. The zero-order chi connectivity index (χ0) is 44.2. The smallest absolute Gasteiger partial charge is 0.220 e. The Bertz CT molecular complexity index is 1230. The van der Waals surface area contributed by atoms with Gasteiger partial charge in [-0.25, -0.2) is 0 Å². The topological polar surface area (TPSA) is 69.6 Å². The van der Waals surface area contributed by atoms with E-state index in [0.29, 0.717) is 6.42 Å². The number of allylic oxidation sites excluding steroid dienone is 19. The van der Waals surface area contributed by atoms with E-state index in [2.05, 4.69) is 129 Å². The molecular formula is C57H95NO3. The fourth-order valence-electron chi connectivity index (χ4n) is 6.82. The molecule has 2 atom stereocenters. The van der Waals surface area contributed by atoms with Crippen LogP contribution in [0.4, 0.5) is 0 Å². The van der Waals surface area contributed by atoms with Crippen LogP contribution in [-0.2, 0) is 4.79 Å². The standard InChI is InChI=1S/C57H95NO3/c1-3-5-7-9-11-13-15-17-18-19-20-21-22-23-24-25-26-27-28-29-30-31-32-33-34-35-36-37-38-39-40-41-43-45-47-49-51-53-57(61)58-55(54-59)56(60)52-50-48-46-44-42-16-14-12-10-8-6-4-2/h5,7,10-13,17-18,20-21,23-24,26-27,29-30,42,44,50,52,55-56,59-60H,3-4,6,8-9,14-16,19,22,25,28,31-41,43,45-49,51,53-54H2,1-2H3,(H,58,61)/b7-5-,12-10+,13-11-,18-17-,21-20-,24-23-,27-26-,30-29-,44-42+,52-50+. The Morgan fingerprint density at radius 3 is 1.15 bits per heavy atom. The van der Waals surface area contributed by atoms with Crippen LogP contribution in [0.15, 0.2) is 122 Å². The van der Waals surface area contributed by atoms with Crippen LogP contribution in [0.25, 0.3) is 0 Å². The van der Waals surface area contributed by atoms with E-state index in [1.807, 2.05) is 6.08 Å². The van der Waals surface area contributed by atoms with Crippen LogP contribution in [0.3, 0.4) is 0 Å². The third kappa shape index (κ3) is 47.7. The third-order valence-corrected chi connectivity index (χ3v) is 10.7. The number of carbonyl (C=O) groups excluding carboxylic acids is 1. The summed E-state index contributed by atoms with van der Waals surface area (Å²) in [5.74, 6) is -0.0845. The fraction of sp³-hybridized carbons (Fsp3) is 0.632. The van der Waals surface area contributed by atoms with Gasteiger partial charge in [0.25, 0.3) is 0 Å². The molecule has 0 aliphatic heterocycles. The molecule has 2 unspecified atom stereocenters. The second-order valence-corrected chi connectivity index (χ2v) is 16.5. The lowest BCUT2D eigenvalue weighted by atomic mass is 10.0. The van der Waals surface area contributed by atoms with Crippen LogP contribution in [-0.4, -0.2) is 34.9 Å². The van der Waals surface area contributed by atoms with Crippen molar-refractivity contribution in [2.45, 2.75) is 225 Å². The normalized spacial score (nSPS) is 14.0. The van der Waals surface area contributed by atoms with Crippen molar-refractivity contribution in [3.63, 3.8) is 0 Å². The van der Waals surface area contributed by atoms with E-state index in [1.54, 1.807) is 6.08 Å². The van der Waals surface area contributed by atoms with E-state index in [-0.39, 0.29) is 12.5 Å². The van der Waals surface area contributed by atoms with Gasteiger partial charge >= 0.3 is 0 Å². The SMILES string of the molecule is CC/C=C\C/C=C\C/C=C\C/C=C\C/C=C\C/C=C\C/C=C\CCCCCCCCCCCCCCCCCC(=O)NC(CO)C(O)/C=C/CC/C=C/CC/C=C/CCCC. The van der Waals surface area contributed by atoms with Crippen molar-refractivity contribution in [1.82, 2.24) is 5.32 Å². The highest BCUT2D eigenvalue weighted by Crippen LogP contribution is 2.14. The minimum atomic E-state index is -0.875. The zero-order valence-electron chi connectivity index (χ0n) is 39.6. The molecule has 0 aliphatic carbocycles. The van der Waals surface area contributed by atoms with Crippen molar-refractivity contribution < 1.29 is 15.0 Å². The van der Waals surface area contributed by atoms with E-state index in [0.717, 1.165) is 83.5 Å². The molecule has 1 amide bonds. The molecular weight excluding hydrogens is 747 g/mol. The molecule has 0 heterocycles. The van der Waals surface area contributed by atoms with Crippen molar-refractivity contribution in [3.05, 3.63) is 122 Å². The Hall–Kier alpha value is -3.21. The van der Waals surface area contributed by atoms with Gasteiger partial charge in [0.1, 0.15) is 0 Å². The number of carbonyl (C=O) groups is 1. The summed E-state index contributed by atoms with van der Waals surface area (Å²) in [7, 11) is 0. The Morgan fingerprint density at radius 1 is 0.410 bits per heavy atom. The molecule has 4 heteroatoms. The Balaban J connectivity index is 3.55. The third-order valence-electron chi connectivity index (χ3n) is 10.7. The predicted molar refractivity (Wildman–Crippen MR) is 271 cm³/mol. The number of rotatable bonds is 44. The van der Waals surface area contributed by atoms with Crippen LogP contribution in [0.1, 0.15) is 213 Å². The van der Waals surface area contributed by atoms with Gasteiger partial charge in [-0.2, -0.15) is 0 Å². The van der Waals surface area contributed by atoms with Crippen molar-refractivity contribution in [3.8, 4) is 0 Å². The average Bonchev–Trinajstić information content (AvgIpc) is 3.26. The minimum absolute atomic E-state index is 0.0845. The van der Waals surface area contributed by atoms with Gasteiger partial charge in [0.15, 0.2) is 0 Å². The monoisotopic (exact) mass is 842 g/mol. The minimum Gasteiger partial charge on any atom is -0.394 e. The van der Waals surface area contributed by atoms with Crippen LogP contribution in [0.2, 0.25) is 0 Å². The van der Waals surface area contributed by atoms with E-state index in [9.17, 15) is 15.0 Å². The lowest BCUT2D eigenvalue weighted by Crippen LogP contribution is -2.45. The number of nitrogens with one attached hydrogen (secondary N) is 1. The number of hydrogen-bond acceptors (Lipinski definition) is 3. The lowest BCUT2D eigenvalue weighted by Gasteiger charge is -2.19. The van der Waals surface area contributed by atoms with E-state index >= 15 is 0 Å². The molecule has 0 saturated carbocycles. The first kappa shape index (κ1) is 57.8. The highest BCUT2D eigenvalue weighted by atomic mass is 16.3. The summed E-state index contributed by atoms with van der Waals surface area (Å²) in [5, 5.41) is 23.0. The van der Waals surface area contributed by atoms with Gasteiger partial charge in [0, 0.05) is 6.42 Å². The summed E-state index contributed by atoms with van der Waals surface area (Å²) in [5.41, 5.74) is 0. The molecule has 0 bridgehead atoms. The number of unbranched alkanes of at least 4 members (excludes halogenated alkanes) is 19. The number of aliphatic hydroxyl groups excluding tert-OH is 2. The zero-order valence-corrected chi connectivity index (χ0v) is 39.6. The quantitative estimate of drug-likeness (QED) is 0.0423. The maximum atomic E-state index is 12.4. The molecule has 3 N–H and O–H groups in total. The Labute approximate surface area is 378 Å². The van der Waals surface area contributed by atoms with Crippen molar-refractivity contribution in [2.24, 2.45) is 0 Å². The number of amides is 1. The summed E-state index contributed by atoms with van der Waals surface area (Å²) >= 11 is 0. The van der Waals surface area contributed by atoms with Gasteiger partial charge in [-0.3, -0.25) is 4.79 Å². The molecule has 0 fully saturated rings. The number of aliphatic hydroxyl groups is 2. The molecule has 0 aromatic heterocycles. The number of hydrogen-bond donors (Lipinski definition) is 3. The first-order valence-electron chi connectivity index (χ1n) is 25.2. The molecule has 0 aromatic rings. The molecule has 346 valence electrons. The summed E-state index contributed by atoms with van der Waals surface area (Å²) < 4.78 is 0. The van der Waals surface area contributed by atoms with Crippen molar-refractivity contribution in [2.75, 3.05) is 6.61 Å². The maximum absolute atomic E-state index is 12.4. The summed E-state index contributed by atoms with van der Waals surface area (Å²) in [6.07, 6.45) is 79.1. The second kappa shape index (κ2) is 51.1. The predicted octanol–water partition coefficient (Wildman–Crippen LogP) is 16.5. The highest BCUT2D eigenvalue weighted by Gasteiger charge is 2.17. The molecule has 0 saturated heterocycles. The highest BCUT2D eigenvalue weighted by molar-refractivity contribution is 5.76. The average molecular weight is 842 g/mol. The van der Waals surface area contributed by atoms with Crippen LogP contribution >= 0.6 is 0 Å².